The Morgan fingerprint density at radius 2 is 1.42 bits per heavy atom. The summed E-state index contributed by atoms with van der Waals surface area (Å²) >= 11 is 0. The van der Waals surface area contributed by atoms with Crippen molar-refractivity contribution in [3.05, 3.63) is 84.4 Å². The quantitative estimate of drug-likeness (QED) is 0.470. The maximum absolute atomic E-state index is 5.74. The van der Waals surface area contributed by atoms with Gasteiger partial charge in [-0.2, -0.15) is 0 Å². The van der Waals surface area contributed by atoms with Crippen molar-refractivity contribution in [3.8, 4) is 0 Å². The van der Waals surface area contributed by atoms with E-state index in [-0.39, 0.29) is 12.0 Å². The largest absolute Gasteiger partial charge is 0.271 e. The molecule has 2 heteroatoms. The molecule has 0 heterocycles. The van der Waals surface area contributed by atoms with Crippen molar-refractivity contribution in [2.75, 3.05) is 0 Å². The van der Waals surface area contributed by atoms with Gasteiger partial charge in [0.15, 0.2) is 0 Å². The molecule has 2 aromatic carbocycles. The number of nitrogens with one attached hydrogen (secondary N) is 1. The molecular weight excluding hydrogens is 232 g/mol. The summed E-state index contributed by atoms with van der Waals surface area (Å²) in [6.45, 7) is 3.82. The standard InChI is InChI=1S/C17H20N2/c1-2-9-16(19-18)17(14-10-5-3-6-11-14)15-12-7-4-8-13-15/h2-8,10-13,16-17,19H,1,9,18H2. The van der Waals surface area contributed by atoms with E-state index in [0.29, 0.717) is 0 Å². The van der Waals surface area contributed by atoms with E-state index in [2.05, 4.69) is 60.5 Å². The molecule has 0 bridgehead atoms. The van der Waals surface area contributed by atoms with Crippen LogP contribution >= 0.6 is 0 Å². The minimum atomic E-state index is 0.141. The van der Waals surface area contributed by atoms with Crippen molar-refractivity contribution in [1.29, 1.82) is 0 Å². The first-order valence-electron chi connectivity index (χ1n) is 6.53. The Morgan fingerprint density at radius 3 is 1.79 bits per heavy atom. The van der Waals surface area contributed by atoms with Crippen LogP contribution in [-0.4, -0.2) is 6.04 Å². The van der Waals surface area contributed by atoms with E-state index in [1.807, 2.05) is 18.2 Å². The van der Waals surface area contributed by atoms with Gasteiger partial charge in [0.1, 0.15) is 0 Å². The summed E-state index contributed by atoms with van der Waals surface area (Å²) < 4.78 is 0. The second-order valence-electron chi connectivity index (χ2n) is 4.60. The molecule has 0 radical (unpaired) electrons. The van der Waals surface area contributed by atoms with Crippen molar-refractivity contribution in [2.45, 2.75) is 18.4 Å². The predicted molar refractivity (Wildman–Crippen MR) is 80.7 cm³/mol. The van der Waals surface area contributed by atoms with E-state index in [0.717, 1.165) is 6.42 Å². The molecule has 0 aromatic heterocycles. The van der Waals surface area contributed by atoms with Crippen LogP contribution in [0.2, 0.25) is 0 Å². The number of hydrazine groups is 1. The molecule has 1 unspecified atom stereocenters. The van der Waals surface area contributed by atoms with Crippen LogP contribution in [0.4, 0.5) is 0 Å². The van der Waals surface area contributed by atoms with E-state index in [1.54, 1.807) is 0 Å². The molecule has 1 atom stereocenters. The summed E-state index contributed by atoms with van der Waals surface area (Å²) in [6.07, 6.45) is 2.73. The SMILES string of the molecule is C=CCC(NN)C(c1ccccc1)c1ccccc1. The van der Waals surface area contributed by atoms with Gasteiger partial charge in [0, 0.05) is 12.0 Å². The third-order valence-corrected chi connectivity index (χ3v) is 3.35. The highest BCUT2D eigenvalue weighted by atomic mass is 15.2. The fraction of sp³-hybridized carbons (Fsp3) is 0.176. The number of hydrogen-bond donors (Lipinski definition) is 2. The fourth-order valence-electron chi connectivity index (χ4n) is 2.46. The van der Waals surface area contributed by atoms with Gasteiger partial charge < -0.3 is 0 Å². The first-order valence-corrected chi connectivity index (χ1v) is 6.53. The molecule has 0 saturated heterocycles. The lowest BCUT2D eigenvalue weighted by atomic mass is 9.84. The van der Waals surface area contributed by atoms with E-state index in [1.165, 1.54) is 11.1 Å². The maximum Gasteiger partial charge on any atom is 0.0354 e. The smallest absolute Gasteiger partial charge is 0.0354 e. The lowest BCUT2D eigenvalue weighted by molar-refractivity contribution is 0.483. The lowest BCUT2D eigenvalue weighted by Gasteiger charge is -2.26. The molecule has 0 saturated carbocycles. The lowest BCUT2D eigenvalue weighted by Crippen LogP contribution is -2.39. The summed E-state index contributed by atoms with van der Waals surface area (Å²) in [4.78, 5) is 0. The summed E-state index contributed by atoms with van der Waals surface area (Å²) in [5.74, 6) is 5.96. The molecule has 0 fully saturated rings. The third kappa shape index (κ3) is 3.31. The van der Waals surface area contributed by atoms with Gasteiger partial charge in [0.2, 0.25) is 0 Å². The molecule has 0 spiro atoms. The van der Waals surface area contributed by atoms with Gasteiger partial charge in [-0.25, -0.2) is 0 Å². The van der Waals surface area contributed by atoms with Gasteiger partial charge in [-0.15, -0.1) is 6.58 Å². The third-order valence-electron chi connectivity index (χ3n) is 3.35. The normalized spacial score (nSPS) is 12.3. The van der Waals surface area contributed by atoms with Crippen LogP contribution < -0.4 is 11.3 Å². The summed E-state index contributed by atoms with van der Waals surface area (Å²) in [7, 11) is 0. The highest BCUT2D eigenvalue weighted by Gasteiger charge is 2.22. The molecule has 0 amide bonds. The van der Waals surface area contributed by atoms with Crippen molar-refractivity contribution in [2.24, 2.45) is 5.84 Å². The molecule has 98 valence electrons. The molecule has 0 aliphatic carbocycles. The topological polar surface area (TPSA) is 38.0 Å². The zero-order valence-corrected chi connectivity index (χ0v) is 11.0. The Bertz CT molecular complexity index is 454. The fourth-order valence-corrected chi connectivity index (χ4v) is 2.46. The van der Waals surface area contributed by atoms with Crippen molar-refractivity contribution >= 4 is 0 Å². The second kappa shape index (κ2) is 6.88. The van der Waals surface area contributed by atoms with Crippen molar-refractivity contribution < 1.29 is 0 Å². The van der Waals surface area contributed by atoms with Crippen LogP contribution in [0.25, 0.3) is 0 Å². The minimum Gasteiger partial charge on any atom is -0.271 e. The van der Waals surface area contributed by atoms with Crippen LogP contribution in [-0.2, 0) is 0 Å². The monoisotopic (exact) mass is 252 g/mol. The van der Waals surface area contributed by atoms with Crippen LogP contribution in [0.15, 0.2) is 73.3 Å². The first-order chi connectivity index (χ1) is 9.36. The van der Waals surface area contributed by atoms with E-state index in [4.69, 9.17) is 5.84 Å². The highest BCUT2D eigenvalue weighted by molar-refractivity contribution is 5.34. The van der Waals surface area contributed by atoms with E-state index in [9.17, 15) is 0 Å². The molecular formula is C17H20N2. The van der Waals surface area contributed by atoms with Crippen molar-refractivity contribution in [3.63, 3.8) is 0 Å². The molecule has 2 nitrogen and oxygen atoms in total. The maximum atomic E-state index is 5.74. The van der Waals surface area contributed by atoms with Crippen LogP contribution in [0.5, 0.6) is 0 Å². The average Bonchev–Trinajstić information content (AvgIpc) is 2.49. The van der Waals surface area contributed by atoms with Gasteiger partial charge in [-0.3, -0.25) is 11.3 Å². The Labute approximate surface area is 114 Å². The van der Waals surface area contributed by atoms with Gasteiger partial charge in [0.05, 0.1) is 0 Å². The zero-order valence-electron chi connectivity index (χ0n) is 11.0. The number of nitrogens with two attached hydrogens (primary N) is 1. The Morgan fingerprint density at radius 1 is 0.947 bits per heavy atom. The van der Waals surface area contributed by atoms with Gasteiger partial charge in [-0.1, -0.05) is 66.7 Å². The molecule has 0 aliphatic heterocycles. The van der Waals surface area contributed by atoms with Crippen LogP contribution in [0.3, 0.4) is 0 Å². The summed E-state index contributed by atoms with van der Waals surface area (Å²) in [5.41, 5.74) is 5.45. The van der Waals surface area contributed by atoms with Crippen LogP contribution in [0.1, 0.15) is 23.5 Å². The number of rotatable bonds is 6. The van der Waals surface area contributed by atoms with Crippen LogP contribution in [0, 0.1) is 0 Å². The molecule has 0 aliphatic rings. The minimum absolute atomic E-state index is 0.141. The predicted octanol–water partition coefficient (Wildman–Crippen LogP) is 3.23. The van der Waals surface area contributed by atoms with Gasteiger partial charge in [0.25, 0.3) is 0 Å². The Hall–Kier alpha value is -1.90. The number of hydrogen-bond acceptors (Lipinski definition) is 2. The van der Waals surface area contributed by atoms with E-state index >= 15 is 0 Å². The van der Waals surface area contributed by atoms with Gasteiger partial charge >= 0.3 is 0 Å². The average molecular weight is 252 g/mol. The molecule has 3 N–H and O–H groups in total. The Balaban J connectivity index is 2.41. The van der Waals surface area contributed by atoms with Crippen molar-refractivity contribution in [1.82, 2.24) is 5.43 Å². The van der Waals surface area contributed by atoms with E-state index < -0.39 is 0 Å². The molecule has 2 rings (SSSR count). The Kier molecular flexibility index (Phi) is 4.90. The zero-order chi connectivity index (χ0) is 13.5. The van der Waals surface area contributed by atoms with Gasteiger partial charge in [-0.05, 0) is 17.5 Å². The molecule has 2 aromatic rings. The molecule has 19 heavy (non-hydrogen) atoms. The number of benzene rings is 2. The highest BCUT2D eigenvalue weighted by Crippen LogP contribution is 2.29. The summed E-state index contributed by atoms with van der Waals surface area (Å²) in [5, 5.41) is 0. The first kappa shape index (κ1) is 13.5. The summed E-state index contributed by atoms with van der Waals surface area (Å²) in [6, 6.07) is 21.0. The second-order valence-corrected chi connectivity index (χ2v) is 4.60.